The first kappa shape index (κ1) is 25.1. The Morgan fingerprint density at radius 3 is 2.29 bits per heavy atom. The Hall–Kier alpha value is -4.60. The number of carbonyl (C=O) groups is 2. The molecule has 2 heterocycles. The zero-order chi connectivity index (χ0) is 27.0. The van der Waals surface area contributed by atoms with Crippen molar-refractivity contribution in [2.45, 2.75) is 12.6 Å². The van der Waals surface area contributed by atoms with Crippen molar-refractivity contribution in [3.05, 3.63) is 89.6 Å². The lowest BCUT2D eigenvalue weighted by molar-refractivity contribution is -0.137. The van der Waals surface area contributed by atoms with Gasteiger partial charge in [-0.05, 0) is 60.0 Å². The number of hydrogen-bond acceptors (Lipinski definition) is 5. The van der Waals surface area contributed by atoms with Crippen LogP contribution in [0.4, 0.5) is 29.3 Å². The van der Waals surface area contributed by atoms with Crippen LogP contribution in [-0.2, 0) is 17.4 Å². The molecule has 0 atom stereocenters. The van der Waals surface area contributed by atoms with Gasteiger partial charge in [-0.25, -0.2) is 9.69 Å². The summed E-state index contributed by atoms with van der Waals surface area (Å²) in [5.74, 6) is 0.635. The molecule has 194 valence electrons. The number of carbonyl (C=O) groups excluding carboxylic acids is 2. The Morgan fingerprint density at radius 1 is 0.895 bits per heavy atom. The number of alkyl halides is 3. The first-order valence-corrected chi connectivity index (χ1v) is 11.6. The van der Waals surface area contributed by atoms with Gasteiger partial charge in [-0.2, -0.15) is 13.2 Å². The number of anilines is 2. The van der Waals surface area contributed by atoms with Crippen molar-refractivity contribution in [3.8, 4) is 11.5 Å². The van der Waals surface area contributed by atoms with Gasteiger partial charge in [0.15, 0.2) is 11.5 Å². The lowest BCUT2D eigenvalue weighted by Crippen LogP contribution is -2.33. The highest BCUT2D eigenvalue weighted by molar-refractivity contribution is 6.26. The molecule has 5 rings (SSSR count). The highest BCUT2D eigenvalue weighted by Gasteiger charge is 2.39. The molecule has 0 aliphatic carbocycles. The smallest absolute Gasteiger partial charge is 0.416 e. The van der Waals surface area contributed by atoms with E-state index < -0.39 is 23.7 Å². The van der Waals surface area contributed by atoms with Crippen LogP contribution in [0.3, 0.4) is 0 Å². The number of nitrogens with zero attached hydrogens (tertiary/aromatic N) is 3. The van der Waals surface area contributed by atoms with Gasteiger partial charge >= 0.3 is 12.2 Å². The first-order valence-electron chi connectivity index (χ1n) is 11.6. The number of pyridine rings is 1. The zero-order valence-corrected chi connectivity index (χ0v) is 20.5. The third-order valence-electron chi connectivity index (χ3n) is 6.38. The maximum atomic E-state index is 13.1. The number of imide groups is 1. The average molecular weight is 521 g/mol. The van der Waals surface area contributed by atoms with E-state index in [0.29, 0.717) is 23.6 Å². The second-order valence-corrected chi connectivity index (χ2v) is 8.68. The average Bonchev–Trinajstić information content (AvgIpc) is 3.21. The fourth-order valence-corrected chi connectivity index (χ4v) is 4.47. The van der Waals surface area contributed by atoms with E-state index in [1.165, 1.54) is 12.1 Å². The fraction of sp³-hybridized carbons (Fsp3) is 0.179. The monoisotopic (exact) mass is 521 g/mol. The molecule has 0 bridgehead atoms. The molecule has 3 amide bonds. The van der Waals surface area contributed by atoms with Crippen LogP contribution < -0.4 is 19.3 Å². The number of benzene rings is 3. The Morgan fingerprint density at radius 2 is 1.61 bits per heavy atom. The number of rotatable bonds is 6. The topological polar surface area (TPSA) is 72.0 Å². The summed E-state index contributed by atoms with van der Waals surface area (Å²) < 4.78 is 50.2. The molecule has 38 heavy (non-hydrogen) atoms. The van der Waals surface area contributed by atoms with E-state index in [2.05, 4.69) is 4.98 Å². The van der Waals surface area contributed by atoms with Crippen molar-refractivity contribution in [2.75, 3.05) is 30.6 Å². The number of aromatic nitrogens is 1. The molecule has 0 unspecified atom stereocenters. The van der Waals surface area contributed by atoms with Gasteiger partial charge in [-0.1, -0.05) is 18.2 Å². The van der Waals surface area contributed by atoms with Crippen molar-refractivity contribution in [1.29, 1.82) is 0 Å². The fourth-order valence-electron chi connectivity index (χ4n) is 4.47. The van der Waals surface area contributed by atoms with Crippen molar-refractivity contribution in [3.63, 3.8) is 0 Å². The molecule has 0 radical (unpaired) electrons. The number of urea groups is 1. The summed E-state index contributed by atoms with van der Waals surface area (Å²) in [5.41, 5.74) is 2.12. The number of ether oxygens (including phenoxy) is 2. The van der Waals surface area contributed by atoms with Crippen LogP contribution in [0, 0.1) is 0 Å². The van der Waals surface area contributed by atoms with Crippen molar-refractivity contribution in [1.82, 2.24) is 4.98 Å². The van der Waals surface area contributed by atoms with Crippen LogP contribution in [0.25, 0.3) is 10.9 Å². The van der Waals surface area contributed by atoms with E-state index in [1.807, 2.05) is 18.2 Å². The second-order valence-electron chi connectivity index (χ2n) is 8.68. The van der Waals surface area contributed by atoms with Crippen molar-refractivity contribution >= 4 is 34.2 Å². The molecule has 0 saturated carbocycles. The summed E-state index contributed by atoms with van der Waals surface area (Å²) in [6.07, 6.45) is -2.30. The normalized spacial score (nSPS) is 13.9. The molecule has 7 nitrogen and oxygen atoms in total. The number of fused-ring (bicyclic) bond motifs is 1. The highest BCUT2D eigenvalue weighted by atomic mass is 19.4. The molecule has 10 heteroatoms. The minimum Gasteiger partial charge on any atom is -0.493 e. The van der Waals surface area contributed by atoms with Crippen LogP contribution in [0.1, 0.15) is 16.7 Å². The van der Waals surface area contributed by atoms with Crippen LogP contribution in [0.5, 0.6) is 11.5 Å². The predicted octanol–water partition coefficient (Wildman–Crippen LogP) is 5.83. The molecule has 1 saturated heterocycles. The maximum absolute atomic E-state index is 13.1. The van der Waals surface area contributed by atoms with E-state index in [1.54, 1.807) is 44.7 Å². The first-order chi connectivity index (χ1) is 18.2. The van der Waals surface area contributed by atoms with Crippen LogP contribution in [0.15, 0.2) is 72.9 Å². The highest BCUT2D eigenvalue weighted by Crippen LogP contribution is 2.35. The van der Waals surface area contributed by atoms with E-state index in [9.17, 15) is 22.8 Å². The molecule has 0 N–H and O–H groups in total. The molecule has 1 aliphatic heterocycles. The largest absolute Gasteiger partial charge is 0.493 e. The summed E-state index contributed by atoms with van der Waals surface area (Å²) in [6, 6.07) is 16.1. The summed E-state index contributed by atoms with van der Waals surface area (Å²) in [7, 11) is 3.12. The van der Waals surface area contributed by atoms with Crippen molar-refractivity contribution in [2.24, 2.45) is 0 Å². The molecule has 4 aromatic rings. The van der Waals surface area contributed by atoms with E-state index in [4.69, 9.17) is 9.47 Å². The SMILES string of the molecule is COc1cc2nccc(Cc3ccc(N4C(=O)CN(c5cccc(C(F)(F)F)c5)C4=O)cc3)c2cc1OC. The van der Waals surface area contributed by atoms with Crippen LogP contribution >= 0.6 is 0 Å². The quantitative estimate of drug-likeness (QED) is 0.299. The maximum Gasteiger partial charge on any atom is 0.416 e. The summed E-state index contributed by atoms with van der Waals surface area (Å²) in [5, 5.41) is 0.899. The van der Waals surface area contributed by atoms with Gasteiger partial charge in [0.1, 0.15) is 6.54 Å². The second kappa shape index (κ2) is 9.70. The van der Waals surface area contributed by atoms with E-state index >= 15 is 0 Å². The molecule has 1 aliphatic rings. The third-order valence-corrected chi connectivity index (χ3v) is 6.38. The summed E-state index contributed by atoms with van der Waals surface area (Å²) >= 11 is 0. The third kappa shape index (κ3) is 4.60. The van der Waals surface area contributed by atoms with Gasteiger partial charge in [0.05, 0.1) is 31.0 Å². The Kier molecular flexibility index (Phi) is 6.40. The lowest BCUT2D eigenvalue weighted by Gasteiger charge is -2.18. The zero-order valence-electron chi connectivity index (χ0n) is 20.5. The minimum absolute atomic E-state index is 0.00826. The molecule has 1 fully saturated rings. The number of halogens is 3. The number of methoxy groups -OCH3 is 2. The molecule has 0 spiro atoms. The Labute approximate surface area is 216 Å². The van der Waals surface area contributed by atoms with Gasteiger partial charge in [0, 0.05) is 23.3 Å². The van der Waals surface area contributed by atoms with Gasteiger partial charge in [-0.15, -0.1) is 0 Å². The molecule has 1 aromatic heterocycles. The van der Waals surface area contributed by atoms with Gasteiger partial charge in [0.25, 0.3) is 5.91 Å². The number of amides is 3. The Bertz CT molecular complexity index is 1540. The molecular weight excluding hydrogens is 499 g/mol. The van der Waals surface area contributed by atoms with Gasteiger partial charge in [0.2, 0.25) is 0 Å². The van der Waals surface area contributed by atoms with Crippen molar-refractivity contribution < 1.29 is 32.2 Å². The van der Waals surface area contributed by atoms with E-state index in [-0.39, 0.29) is 12.2 Å². The standard InChI is InChI=1S/C28H22F3N3O4/c1-37-24-14-22-18(10-11-32-23(22)15-25(24)38-2)12-17-6-8-20(9-7-17)34-26(35)16-33(27(34)36)21-5-3-4-19(13-21)28(29,30)31/h3-11,13-15H,12,16H2,1-2H3. The van der Waals surface area contributed by atoms with Gasteiger partial charge < -0.3 is 9.47 Å². The molecule has 3 aromatic carbocycles. The Balaban J connectivity index is 1.38. The van der Waals surface area contributed by atoms with Crippen LogP contribution in [-0.4, -0.2) is 37.7 Å². The predicted molar refractivity (Wildman–Crippen MR) is 136 cm³/mol. The molecular formula is C28H22F3N3O4. The van der Waals surface area contributed by atoms with E-state index in [0.717, 1.165) is 44.0 Å². The summed E-state index contributed by atoms with van der Waals surface area (Å²) in [6.45, 7) is -0.351. The van der Waals surface area contributed by atoms with Crippen LogP contribution in [0.2, 0.25) is 0 Å². The van der Waals surface area contributed by atoms with Gasteiger partial charge in [-0.3, -0.25) is 14.7 Å². The summed E-state index contributed by atoms with van der Waals surface area (Å²) in [4.78, 5) is 32.2. The lowest BCUT2D eigenvalue weighted by atomic mass is 10.0. The minimum atomic E-state index is -4.56. The number of hydrogen-bond donors (Lipinski definition) is 0.